The lowest BCUT2D eigenvalue weighted by Gasteiger charge is -2.54. The predicted octanol–water partition coefficient (Wildman–Crippen LogP) is 6.62. The molecule has 1 amide bonds. The van der Waals surface area contributed by atoms with E-state index in [-0.39, 0.29) is 48.3 Å². The van der Waals surface area contributed by atoms with E-state index in [1.54, 1.807) is 12.1 Å². The molecule has 196 valence electrons. The molecule has 7 heteroatoms. The quantitative estimate of drug-likeness (QED) is 0.442. The molecule has 2 bridgehead atoms. The summed E-state index contributed by atoms with van der Waals surface area (Å²) in [5.41, 5.74) is 4.05. The molecule has 2 aromatic rings. The Balaban J connectivity index is 1.23. The molecule has 0 atom stereocenters. The molecule has 0 unspecified atom stereocenters. The molecule has 5 fully saturated rings. The van der Waals surface area contributed by atoms with Gasteiger partial charge in [-0.25, -0.2) is 8.78 Å². The molecule has 37 heavy (non-hydrogen) atoms. The molecule has 0 aliphatic heterocycles. The van der Waals surface area contributed by atoms with Crippen molar-refractivity contribution in [3.63, 3.8) is 0 Å². The van der Waals surface area contributed by atoms with Crippen LogP contribution in [0.25, 0.3) is 0 Å². The smallest absolute Gasteiger partial charge is 0.248 e. The number of hydrogen-bond donors (Lipinski definition) is 0. The van der Waals surface area contributed by atoms with Crippen molar-refractivity contribution in [3.05, 3.63) is 47.3 Å². The van der Waals surface area contributed by atoms with Crippen molar-refractivity contribution >= 4 is 11.6 Å². The van der Waals surface area contributed by atoms with Gasteiger partial charge < -0.3 is 4.90 Å². The second-order valence-corrected chi connectivity index (χ2v) is 12.3. The molecule has 5 aliphatic carbocycles. The molecule has 0 N–H and O–H groups in total. The highest BCUT2D eigenvalue weighted by atomic mass is 19.3. The van der Waals surface area contributed by atoms with E-state index in [0.29, 0.717) is 18.0 Å². The lowest BCUT2D eigenvalue weighted by Crippen LogP contribution is -2.52. The zero-order valence-corrected chi connectivity index (χ0v) is 21.7. The summed E-state index contributed by atoms with van der Waals surface area (Å²) < 4.78 is 29.8. The number of anilines is 1. The van der Waals surface area contributed by atoms with Gasteiger partial charge in [0.05, 0.1) is 17.3 Å². The van der Waals surface area contributed by atoms with Crippen molar-refractivity contribution in [3.8, 4) is 6.07 Å². The molecule has 5 nitrogen and oxygen atoms in total. The number of aromatic nitrogens is 2. The van der Waals surface area contributed by atoms with Crippen molar-refractivity contribution < 1.29 is 13.6 Å². The van der Waals surface area contributed by atoms with Crippen LogP contribution in [-0.4, -0.2) is 28.2 Å². The van der Waals surface area contributed by atoms with E-state index < -0.39 is 5.92 Å². The first-order valence-electron chi connectivity index (χ1n) is 14.0. The van der Waals surface area contributed by atoms with Crippen molar-refractivity contribution in [2.75, 3.05) is 11.4 Å². The van der Waals surface area contributed by atoms with Crippen LogP contribution in [0.4, 0.5) is 14.5 Å². The van der Waals surface area contributed by atoms with Gasteiger partial charge in [-0.3, -0.25) is 9.48 Å². The normalized spacial score (nSPS) is 29.1. The molecule has 5 saturated carbocycles. The third-order valence-electron chi connectivity index (χ3n) is 9.95. The van der Waals surface area contributed by atoms with Gasteiger partial charge in [-0.05, 0) is 93.9 Å². The van der Waals surface area contributed by atoms with E-state index >= 15 is 0 Å². The first-order valence-corrected chi connectivity index (χ1v) is 14.0. The number of aryl methyl sites for hydroxylation is 1. The predicted molar refractivity (Wildman–Crippen MR) is 137 cm³/mol. The molecular formula is C30H36F2N4O. The second-order valence-electron chi connectivity index (χ2n) is 12.3. The summed E-state index contributed by atoms with van der Waals surface area (Å²) in [6.07, 6.45) is 8.90. The highest BCUT2D eigenvalue weighted by Crippen LogP contribution is 2.58. The molecular weight excluding hydrogens is 470 g/mol. The Kier molecular flexibility index (Phi) is 5.93. The first kappa shape index (κ1) is 24.6. The maximum absolute atomic E-state index is 13.8. The number of nitrogens with zero attached hydrogens (tertiary/aromatic N) is 4. The Labute approximate surface area is 217 Å². The van der Waals surface area contributed by atoms with Crippen molar-refractivity contribution in [1.82, 2.24) is 9.78 Å². The van der Waals surface area contributed by atoms with Gasteiger partial charge in [-0.1, -0.05) is 6.07 Å². The number of fused-ring (bicyclic) bond motifs is 3. The number of halogens is 2. The fraction of sp³-hybridized carbons (Fsp3) is 0.633. The van der Waals surface area contributed by atoms with Crippen molar-refractivity contribution in [1.29, 1.82) is 5.26 Å². The first-order chi connectivity index (χ1) is 17.7. The van der Waals surface area contributed by atoms with Crippen molar-refractivity contribution in [2.24, 2.45) is 18.4 Å². The summed E-state index contributed by atoms with van der Waals surface area (Å²) in [4.78, 5) is 15.7. The summed E-state index contributed by atoms with van der Waals surface area (Å²) in [5, 5.41) is 14.3. The summed E-state index contributed by atoms with van der Waals surface area (Å²) in [7, 11) is 2.09. The average Bonchev–Trinajstić information content (AvgIpc) is 3.69. The third-order valence-corrected chi connectivity index (χ3v) is 9.95. The van der Waals surface area contributed by atoms with Crippen molar-refractivity contribution in [2.45, 2.75) is 94.3 Å². The van der Waals surface area contributed by atoms with Gasteiger partial charge in [0.15, 0.2) is 0 Å². The van der Waals surface area contributed by atoms with Crippen LogP contribution >= 0.6 is 0 Å². The lowest BCUT2D eigenvalue weighted by molar-refractivity contribution is -0.127. The number of alkyl halides is 2. The molecule has 0 radical (unpaired) electrons. The molecule has 7 rings (SSSR count). The number of carbonyl (C=O) groups is 1. The summed E-state index contributed by atoms with van der Waals surface area (Å²) in [6.45, 7) is 0.600. The minimum atomic E-state index is -2.66. The number of amides is 1. The maximum Gasteiger partial charge on any atom is 0.248 e. The highest BCUT2D eigenvalue weighted by Gasteiger charge is 2.52. The van der Waals surface area contributed by atoms with Crippen LogP contribution in [0.1, 0.15) is 99.9 Å². The zero-order chi connectivity index (χ0) is 25.8. The summed E-state index contributed by atoms with van der Waals surface area (Å²) >= 11 is 0. The van der Waals surface area contributed by atoms with Gasteiger partial charge in [0.2, 0.25) is 11.8 Å². The number of rotatable bonds is 6. The van der Waals surface area contributed by atoms with E-state index in [0.717, 1.165) is 44.2 Å². The minimum absolute atomic E-state index is 0.0244. The second kappa shape index (κ2) is 8.92. The monoisotopic (exact) mass is 506 g/mol. The van der Waals surface area contributed by atoms with Gasteiger partial charge in [-0.15, -0.1) is 0 Å². The molecule has 0 saturated heterocycles. The standard InChI is InChI=1S/C30H36F2N4O/c1-35-26(18-25(34-35)22-5-6-22)29-14-11-28(12-15-29,13-16-29)20-36(24-4-2-3-21(17-24)19-33)27(37)23-7-9-30(31,32)10-8-23/h2-4,17-18,22-23H,5-16,20H2,1H3. The molecule has 1 aromatic heterocycles. The topological polar surface area (TPSA) is 61.9 Å². The maximum atomic E-state index is 13.8. The van der Waals surface area contributed by atoms with Crippen LogP contribution in [0.2, 0.25) is 0 Å². The third kappa shape index (κ3) is 4.57. The Morgan fingerprint density at radius 1 is 1.05 bits per heavy atom. The van der Waals surface area contributed by atoms with Crippen LogP contribution in [0.15, 0.2) is 30.3 Å². The number of benzene rings is 1. The summed E-state index contributed by atoms with van der Waals surface area (Å²) in [5.74, 6) is -2.46. The fourth-order valence-electron chi connectivity index (χ4n) is 7.33. The minimum Gasteiger partial charge on any atom is -0.312 e. The Morgan fingerprint density at radius 3 is 2.35 bits per heavy atom. The Bertz CT molecular complexity index is 1210. The van der Waals surface area contributed by atoms with E-state index in [2.05, 4.69) is 23.9 Å². The van der Waals surface area contributed by atoms with E-state index in [9.17, 15) is 18.8 Å². The van der Waals surface area contributed by atoms with Gasteiger partial charge in [0.25, 0.3) is 0 Å². The number of nitriles is 1. The zero-order valence-electron chi connectivity index (χ0n) is 21.7. The van der Waals surface area contributed by atoms with E-state index in [4.69, 9.17) is 5.10 Å². The average molecular weight is 507 g/mol. The van der Waals surface area contributed by atoms with Crippen LogP contribution in [0.3, 0.4) is 0 Å². The molecule has 5 aliphatic rings. The highest BCUT2D eigenvalue weighted by molar-refractivity contribution is 5.95. The van der Waals surface area contributed by atoms with E-state index in [1.165, 1.54) is 24.2 Å². The van der Waals surface area contributed by atoms with Crippen LogP contribution in [-0.2, 0) is 17.3 Å². The fourth-order valence-corrected chi connectivity index (χ4v) is 7.33. The largest absolute Gasteiger partial charge is 0.312 e. The molecule has 1 aromatic carbocycles. The van der Waals surface area contributed by atoms with Gasteiger partial charge in [0.1, 0.15) is 0 Å². The number of hydrogen-bond acceptors (Lipinski definition) is 3. The lowest BCUT2D eigenvalue weighted by atomic mass is 9.52. The van der Waals surface area contributed by atoms with Gasteiger partial charge in [-0.2, -0.15) is 10.4 Å². The molecule has 0 spiro atoms. The van der Waals surface area contributed by atoms with Crippen LogP contribution < -0.4 is 4.90 Å². The van der Waals surface area contributed by atoms with Gasteiger partial charge in [0, 0.05) is 55.1 Å². The SMILES string of the molecule is Cn1nc(C2CC2)cc1C12CCC(CN(C(=O)C3CCC(F)(F)CC3)c3cccc(C#N)c3)(CC1)CC2. The number of carbonyl (C=O) groups excluding carboxylic acids is 1. The Morgan fingerprint density at radius 2 is 1.73 bits per heavy atom. The van der Waals surface area contributed by atoms with Gasteiger partial charge >= 0.3 is 0 Å². The molecule has 1 heterocycles. The summed E-state index contributed by atoms with van der Waals surface area (Å²) in [6, 6.07) is 11.8. The van der Waals surface area contributed by atoms with E-state index in [1.807, 2.05) is 17.0 Å². The Hall–Kier alpha value is -2.75. The van der Waals surface area contributed by atoms with Crippen LogP contribution in [0, 0.1) is 22.7 Å². The van der Waals surface area contributed by atoms with Crippen LogP contribution in [0.5, 0.6) is 0 Å².